The number of halogens is 1. The topological polar surface area (TPSA) is 49.3 Å². The summed E-state index contributed by atoms with van der Waals surface area (Å²) in [4.78, 5) is 10.3. The average molecular weight is 382 g/mol. The van der Waals surface area contributed by atoms with E-state index in [9.17, 15) is 0 Å². The highest BCUT2D eigenvalue weighted by molar-refractivity contribution is 14.0. The van der Waals surface area contributed by atoms with Crippen molar-refractivity contribution >= 4 is 41.3 Å². The lowest BCUT2D eigenvalue weighted by molar-refractivity contribution is 0.700. The Morgan fingerprint density at radius 1 is 1.39 bits per heavy atom. The highest BCUT2D eigenvalue weighted by Crippen LogP contribution is 2.16. The van der Waals surface area contributed by atoms with Gasteiger partial charge in [-0.2, -0.15) is 0 Å². The molecule has 0 fully saturated rings. The first-order valence-corrected chi connectivity index (χ1v) is 6.82. The van der Waals surface area contributed by atoms with Gasteiger partial charge in [0.05, 0.1) is 12.2 Å². The van der Waals surface area contributed by atoms with Crippen molar-refractivity contribution in [2.45, 2.75) is 47.2 Å². The molecule has 0 aromatic carbocycles. The second kappa shape index (κ2) is 8.68. The van der Waals surface area contributed by atoms with Crippen molar-refractivity contribution in [3.8, 4) is 0 Å². The van der Waals surface area contributed by atoms with E-state index in [0.717, 1.165) is 23.2 Å². The molecule has 0 aliphatic heterocycles. The van der Waals surface area contributed by atoms with E-state index >= 15 is 0 Å². The molecule has 2 N–H and O–H groups in total. The number of rotatable bonds is 4. The molecule has 1 heterocycles. The molecule has 6 heteroatoms. The smallest absolute Gasteiger partial charge is 0.191 e. The van der Waals surface area contributed by atoms with Gasteiger partial charge in [0.2, 0.25) is 0 Å². The van der Waals surface area contributed by atoms with Crippen LogP contribution in [0.25, 0.3) is 0 Å². The van der Waals surface area contributed by atoms with E-state index in [1.807, 2.05) is 6.92 Å². The van der Waals surface area contributed by atoms with Gasteiger partial charge in [0.15, 0.2) is 5.96 Å². The van der Waals surface area contributed by atoms with Crippen LogP contribution >= 0.6 is 35.3 Å². The Hall–Kier alpha value is -0.370. The number of nitrogens with one attached hydrogen (secondary N) is 2. The van der Waals surface area contributed by atoms with Gasteiger partial charge in [-0.3, -0.25) is 0 Å². The molecule has 0 amide bonds. The molecule has 104 valence electrons. The normalized spacial score (nSPS) is 11.3. The Balaban J connectivity index is 0.00000289. The van der Waals surface area contributed by atoms with Crippen molar-refractivity contribution in [2.75, 3.05) is 6.54 Å². The Bertz CT molecular complexity index is 368. The van der Waals surface area contributed by atoms with Crippen molar-refractivity contribution in [1.82, 2.24) is 15.6 Å². The molecular formula is C12H23IN4S. The zero-order valence-corrected chi connectivity index (χ0v) is 14.8. The zero-order valence-electron chi connectivity index (χ0n) is 11.7. The van der Waals surface area contributed by atoms with E-state index in [2.05, 4.69) is 48.3 Å². The van der Waals surface area contributed by atoms with Gasteiger partial charge in [-0.05, 0) is 34.6 Å². The fourth-order valence-electron chi connectivity index (χ4n) is 1.35. The van der Waals surface area contributed by atoms with E-state index < -0.39 is 0 Å². The first-order chi connectivity index (χ1) is 8.02. The molecule has 18 heavy (non-hydrogen) atoms. The first kappa shape index (κ1) is 17.6. The predicted octanol–water partition coefficient (Wildman–Crippen LogP) is 2.84. The van der Waals surface area contributed by atoms with Crippen LogP contribution in [0.15, 0.2) is 4.99 Å². The largest absolute Gasteiger partial charge is 0.357 e. The minimum Gasteiger partial charge on any atom is -0.357 e. The van der Waals surface area contributed by atoms with E-state index in [1.165, 1.54) is 4.88 Å². The summed E-state index contributed by atoms with van der Waals surface area (Å²) in [6.45, 7) is 11.9. The number of guanidine groups is 1. The summed E-state index contributed by atoms with van der Waals surface area (Å²) >= 11 is 1.72. The van der Waals surface area contributed by atoms with E-state index in [1.54, 1.807) is 11.3 Å². The molecule has 1 aromatic rings. The lowest BCUT2D eigenvalue weighted by Gasteiger charge is -2.13. The predicted molar refractivity (Wildman–Crippen MR) is 90.1 cm³/mol. The molecule has 1 rings (SSSR count). The molecule has 0 aliphatic carbocycles. The highest BCUT2D eigenvalue weighted by Gasteiger charge is 2.04. The van der Waals surface area contributed by atoms with E-state index in [4.69, 9.17) is 0 Å². The van der Waals surface area contributed by atoms with Crippen molar-refractivity contribution in [2.24, 2.45) is 4.99 Å². The van der Waals surface area contributed by atoms with Crippen LogP contribution in [-0.4, -0.2) is 23.5 Å². The average Bonchev–Trinajstić information content (AvgIpc) is 2.55. The summed E-state index contributed by atoms with van der Waals surface area (Å²) < 4.78 is 0. The van der Waals surface area contributed by atoms with Gasteiger partial charge >= 0.3 is 0 Å². The molecular weight excluding hydrogens is 359 g/mol. The van der Waals surface area contributed by atoms with Crippen LogP contribution in [0.2, 0.25) is 0 Å². The van der Waals surface area contributed by atoms with Crippen molar-refractivity contribution in [3.63, 3.8) is 0 Å². The summed E-state index contributed by atoms with van der Waals surface area (Å²) in [5.74, 6) is 0.855. The third-order valence-electron chi connectivity index (χ3n) is 2.21. The number of hydrogen-bond donors (Lipinski definition) is 2. The second-order valence-corrected chi connectivity index (χ2v) is 5.53. The minimum atomic E-state index is 0. The Morgan fingerprint density at radius 3 is 2.50 bits per heavy atom. The van der Waals surface area contributed by atoms with Gasteiger partial charge in [-0.25, -0.2) is 9.98 Å². The monoisotopic (exact) mass is 382 g/mol. The zero-order chi connectivity index (χ0) is 12.8. The summed E-state index contributed by atoms with van der Waals surface area (Å²) in [5.41, 5.74) is 1.11. The first-order valence-electron chi connectivity index (χ1n) is 6.00. The van der Waals surface area contributed by atoms with Gasteiger partial charge < -0.3 is 10.6 Å². The molecule has 0 radical (unpaired) electrons. The molecule has 4 nitrogen and oxygen atoms in total. The van der Waals surface area contributed by atoms with Crippen LogP contribution in [0.1, 0.15) is 36.3 Å². The lowest BCUT2D eigenvalue weighted by atomic mass is 10.4. The van der Waals surface area contributed by atoms with Gasteiger partial charge in [-0.1, -0.05) is 0 Å². The third-order valence-corrected chi connectivity index (χ3v) is 3.27. The summed E-state index contributed by atoms with van der Waals surface area (Å²) in [7, 11) is 0. The Kier molecular flexibility index (Phi) is 8.51. The maximum absolute atomic E-state index is 4.52. The van der Waals surface area contributed by atoms with Crippen molar-refractivity contribution < 1.29 is 0 Å². The highest BCUT2D eigenvalue weighted by atomic mass is 127. The molecule has 0 bridgehead atoms. The van der Waals surface area contributed by atoms with Crippen LogP contribution in [0, 0.1) is 13.8 Å². The number of aryl methyl sites for hydroxylation is 2. The lowest BCUT2D eigenvalue weighted by Crippen LogP contribution is -2.40. The number of hydrogen-bond acceptors (Lipinski definition) is 3. The van der Waals surface area contributed by atoms with Gasteiger partial charge in [-0.15, -0.1) is 35.3 Å². The standard InChI is InChI=1S/C12H22N4S.HI/c1-6-13-12(15-8(2)3)14-7-11-16-9(4)10(5)17-11;/h8H,6-7H2,1-5H3,(H2,13,14,15);1H. The third kappa shape index (κ3) is 5.99. The molecule has 0 unspecified atom stereocenters. The van der Waals surface area contributed by atoms with E-state index in [-0.39, 0.29) is 24.0 Å². The fourth-order valence-corrected chi connectivity index (χ4v) is 2.21. The van der Waals surface area contributed by atoms with Gasteiger partial charge in [0.25, 0.3) is 0 Å². The maximum Gasteiger partial charge on any atom is 0.191 e. The fraction of sp³-hybridized carbons (Fsp3) is 0.667. The van der Waals surface area contributed by atoms with Crippen LogP contribution < -0.4 is 10.6 Å². The van der Waals surface area contributed by atoms with E-state index in [0.29, 0.717) is 12.6 Å². The number of aliphatic imine (C=N–C) groups is 1. The van der Waals surface area contributed by atoms with Crippen LogP contribution in [0.5, 0.6) is 0 Å². The molecule has 0 atom stereocenters. The summed E-state index contributed by atoms with van der Waals surface area (Å²) in [6.07, 6.45) is 0. The summed E-state index contributed by atoms with van der Waals surface area (Å²) in [6, 6.07) is 0.382. The minimum absolute atomic E-state index is 0. The quantitative estimate of drug-likeness (QED) is 0.478. The Morgan fingerprint density at radius 2 is 2.06 bits per heavy atom. The Labute approximate surface area is 131 Å². The number of aromatic nitrogens is 1. The molecule has 0 saturated heterocycles. The van der Waals surface area contributed by atoms with Crippen LogP contribution in [0.3, 0.4) is 0 Å². The van der Waals surface area contributed by atoms with Crippen molar-refractivity contribution in [3.05, 3.63) is 15.6 Å². The summed E-state index contributed by atoms with van der Waals surface area (Å²) in [5, 5.41) is 7.58. The number of nitrogens with zero attached hydrogens (tertiary/aromatic N) is 2. The SMILES string of the molecule is CCNC(=NCc1nc(C)c(C)s1)NC(C)C.I. The van der Waals surface area contributed by atoms with Crippen LogP contribution in [0.4, 0.5) is 0 Å². The van der Waals surface area contributed by atoms with Crippen molar-refractivity contribution in [1.29, 1.82) is 0 Å². The molecule has 0 saturated carbocycles. The number of thiazole rings is 1. The van der Waals surface area contributed by atoms with Crippen LogP contribution in [-0.2, 0) is 6.54 Å². The second-order valence-electron chi connectivity index (χ2n) is 4.24. The molecule has 0 aliphatic rings. The molecule has 1 aromatic heterocycles. The molecule has 0 spiro atoms. The van der Waals surface area contributed by atoms with Gasteiger partial charge in [0.1, 0.15) is 5.01 Å². The maximum atomic E-state index is 4.52. The van der Waals surface area contributed by atoms with Gasteiger partial charge in [0, 0.05) is 17.5 Å².